The molecule has 3 heteroatoms. The first-order valence-electron chi connectivity index (χ1n) is 4.01. The molecule has 0 rings (SSSR count). The van der Waals surface area contributed by atoms with E-state index >= 15 is 0 Å². The van der Waals surface area contributed by atoms with Gasteiger partial charge in [0.25, 0.3) is 0 Å². The number of rotatable bonds is 6. The van der Waals surface area contributed by atoms with E-state index in [1.54, 1.807) is 0 Å². The highest BCUT2D eigenvalue weighted by atomic mass is 15.0. The van der Waals surface area contributed by atoms with Crippen LogP contribution in [0.15, 0.2) is 0 Å². The van der Waals surface area contributed by atoms with Crippen LogP contribution < -0.4 is 16.4 Å². The van der Waals surface area contributed by atoms with Crippen LogP contribution in [-0.4, -0.2) is 25.8 Å². The minimum absolute atomic E-state index is 0.157. The Morgan fingerprint density at radius 1 is 1.30 bits per heavy atom. The van der Waals surface area contributed by atoms with E-state index in [1.807, 2.05) is 0 Å². The first-order valence-corrected chi connectivity index (χ1v) is 4.01. The van der Waals surface area contributed by atoms with Gasteiger partial charge >= 0.3 is 0 Å². The SMILES string of the molecule is CCNCCC(N)NCC. The summed E-state index contributed by atoms with van der Waals surface area (Å²) in [6.45, 7) is 7.14. The van der Waals surface area contributed by atoms with Crippen LogP contribution in [0.2, 0.25) is 0 Å². The molecule has 0 aromatic heterocycles. The van der Waals surface area contributed by atoms with Gasteiger partial charge in [0.1, 0.15) is 0 Å². The normalized spacial score (nSPS) is 13.5. The second-order valence-corrected chi connectivity index (χ2v) is 2.31. The lowest BCUT2D eigenvalue weighted by Gasteiger charge is -2.11. The molecule has 4 N–H and O–H groups in total. The summed E-state index contributed by atoms with van der Waals surface area (Å²) in [5.41, 5.74) is 5.67. The molecule has 0 aliphatic heterocycles. The molecular formula is C7H19N3. The lowest BCUT2D eigenvalue weighted by Crippen LogP contribution is -2.39. The summed E-state index contributed by atoms with van der Waals surface area (Å²) < 4.78 is 0. The van der Waals surface area contributed by atoms with Gasteiger partial charge in [0, 0.05) is 0 Å². The standard InChI is InChI=1S/C7H19N3/c1-3-9-6-5-7(8)10-4-2/h7,9-10H,3-6,8H2,1-2H3. The van der Waals surface area contributed by atoms with Crippen LogP contribution in [0.25, 0.3) is 0 Å². The molecule has 0 fully saturated rings. The van der Waals surface area contributed by atoms with Gasteiger partial charge in [-0.2, -0.15) is 0 Å². The Morgan fingerprint density at radius 3 is 2.50 bits per heavy atom. The molecule has 0 aliphatic rings. The van der Waals surface area contributed by atoms with E-state index in [0.29, 0.717) is 0 Å². The predicted octanol–water partition coefficient (Wildman–Crippen LogP) is -0.120. The fraction of sp³-hybridized carbons (Fsp3) is 1.00. The van der Waals surface area contributed by atoms with Crippen molar-refractivity contribution in [3.8, 4) is 0 Å². The van der Waals surface area contributed by atoms with E-state index in [-0.39, 0.29) is 6.17 Å². The van der Waals surface area contributed by atoms with Crippen molar-refractivity contribution >= 4 is 0 Å². The van der Waals surface area contributed by atoms with Crippen LogP contribution >= 0.6 is 0 Å². The monoisotopic (exact) mass is 145 g/mol. The van der Waals surface area contributed by atoms with Gasteiger partial charge in [-0.3, -0.25) is 0 Å². The third kappa shape index (κ3) is 6.01. The third-order valence-corrected chi connectivity index (χ3v) is 1.35. The van der Waals surface area contributed by atoms with Gasteiger partial charge in [0.15, 0.2) is 0 Å². The van der Waals surface area contributed by atoms with Crippen molar-refractivity contribution in [3.05, 3.63) is 0 Å². The Hall–Kier alpha value is -0.120. The minimum Gasteiger partial charge on any atom is -0.317 e. The van der Waals surface area contributed by atoms with Crippen molar-refractivity contribution in [3.63, 3.8) is 0 Å². The molecule has 0 saturated heterocycles. The fourth-order valence-electron chi connectivity index (χ4n) is 0.799. The molecule has 0 radical (unpaired) electrons. The molecule has 1 unspecified atom stereocenters. The topological polar surface area (TPSA) is 50.1 Å². The maximum atomic E-state index is 5.67. The summed E-state index contributed by atoms with van der Waals surface area (Å²) in [4.78, 5) is 0. The Kier molecular flexibility index (Phi) is 6.91. The smallest absolute Gasteiger partial charge is 0.0558 e. The molecule has 0 bridgehead atoms. The number of nitrogens with one attached hydrogen (secondary N) is 2. The van der Waals surface area contributed by atoms with Crippen LogP contribution in [0.4, 0.5) is 0 Å². The number of nitrogens with two attached hydrogens (primary N) is 1. The van der Waals surface area contributed by atoms with Gasteiger partial charge < -0.3 is 16.4 Å². The van der Waals surface area contributed by atoms with E-state index in [2.05, 4.69) is 24.5 Å². The Morgan fingerprint density at radius 2 is 2.00 bits per heavy atom. The highest BCUT2D eigenvalue weighted by molar-refractivity contribution is 4.58. The van der Waals surface area contributed by atoms with Crippen molar-refractivity contribution in [1.29, 1.82) is 0 Å². The van der Waals surface area contributed by atoms with Crippen molar-refractivity contribution in [2.75, 3.05) is 19.6 Å². The third-order valence-electron chi connectivity index (χ3n) is 1.35. The number of hydrogen-bond acceptors (Lipinski definition) is 3. The summed E-state index contributed by atoms with van der Waals surface area (Å²) in [5.74, 6) is 0. The Bertz CT molecular complexity index is 65.9. The summed E-state index contributed by atoms with van der Waals surface area (Å²) in [6.07, 6.45) is 1.16. The largest absolute Gasteiger partial charge is 0.317 e. The van der Waals surface area contributed by atoms with Gasteiger partial charge in [0.05, 0.1) is 6.17 Å². The van der Waals surface area contributed by atoms with Gasteiger partial charge in [-0.15, -0.1) is 0 Å². The second kappa shape index (κ2) is 6.99. The van der Waals surface area contributed by atoms with Gasteiger partial charge in [-0.25, -0.2) is 0 Å². The van der Waals surface area contributed by atoms with Crippen molar-refractivity contribution < 1.29 is 0 Å². The quantitative estimate of drug-likeness (QED) is 0.361. The molecule has 0 saturated carbocycles. The fourth-order valence-corrected chi connectivity index (χ4v) is 0.799. The first-order chi connectivity index (χ1) is 4.81. The molecule has 10 heavy (non-hydrogen) atoms. The Labute approximate surface area is 63.4 Å². The summed E-state index contributed by atoms with van der Waals surface area (Å²) in [6, 6.07) is 0. The van der Waals surface area contributed by atoms with Crippen LogP contribution in [0.5, 0.6) is 0 Å². The number of hydrogen-bond donors (Lipinski definition) is 3. The van der Waals surface area contributed by atoms with Crippen LogP contribution in [0.1, 0.15) is 20.3 Å². The van der Waals surface area contributed by atoms with Gasteiger partial charge in [-0.1, -0.05) is 13.8 Å². The summed E-state index contributed by atoms with van der Waals surface area (Å²) in [5, 5.41) is 6.36. The zero-order valence-corrected chi connectivity index (χ0v) is 6.98. The lowest BCUT2D eigenvalue weighted by molar-refractivity contribution is 0.491. The van der Waals surface area contributed by atoms with Crippen molar-refractivity contribution in [2.45, 2.75) is 26.4 Å². The highest BCUT2D eigenvalue weighted by Crippen LogP contribution is 1.79. The van der Waals surface area contributed by atoms with E-state index < -0.39 is 0 Å². The zero-order valence-electron chi connectivity index (χ0n) is 6.98. The zero-order chi connectivity index (χ0) is 7.82. The summed E-state index contributed by atoms with van der Waals surface area (Å²) >= 11 is 0. The van der Waals surface area contributed by atoms with Crippen LogP contribution in [0, 0.1) is 0 Å². The minimum atomic E-state index is 0.157. The lowest BCUT2D eigenvalue weighted by atomic mass is 10.3. The van der Waals surface area contributed by atoms with E-state index in [0.717, 1.165) is 26.1 Å². The molecular weight excluding hydrogens is 126 g/mol. The molecule has 0 spiro atoms. The maximum absolute atomic E-state index is 5.67. The highest BCUT2D eigenvalue weighted by Gasteiger charge is 1.96. The molecule has 62 valence electrons. The average molecular weight is 145 g/mol. The average Bonchev–Trinajstić information content (AvgIpc) is 1.89. The van der Waals surface area contributed by atoms with Gasteiger partial charge in [-0.05, 0) is 26.1 Å². The van der Waals surface area contributed by atoms with Gasteiger partial charge in [0.2, 0.25) is 0 Å². The van der Waals surface area contributed by atoms with Crippen LogP contribution in [0.3, 0.4) is 0 Å². The van der Waals surface area contributed by atoms with E-state index in [9.17, 15) is 0 Å². The van der Waals surface area contributed by atoms with E-state index in [4.69, 9.17) is 5.73 Å². The second-order valence-electron chi connectivity index (χ2n) is 2.31. The molecule has 1 atom stereocenters. The predicted molar refractivity (Wildman–Crippen MR) is 44.8 cm³/mol. The van der Waals surface area contributed by atoms with Crippen LogP contribution in [-0.2, 0) is 0 Å². The Balaban J connectivity index is 2.97. The molecule has 0 amide bonds. The molecule has 0 aliphatic carbocycles. The van der Waals surface area contributed by atoms with Crippen molar-refractivity contribution in [1.82, 2.24) is 10.6 Å². The van der Waals surface area contributed by atoms with E-state index in [1.165, 1.54) is 0 Å². The first kappa shape index (κ1) is 9.88. The summed E-state index contributed by atoms with van der Waals surface area (Å²) in [7, 11) is 0. The maximum Gasteiger partial charge on any atom is 0.0558 e. The molecule has 0 heterocycles. The molecule has 3 nitrogen and oxygen atoms in total. The molecule has 0 aromatic rings. The molecule has 0 aromatic carbocycles. The van der Waals surface area contributed by atoms with Crippen molar-refractivity contribution in [2.24, 2.45) is 5.73 Å².